The summed E-state index contributed by atoms with van der Waals surface area (Å²) in [5.74, 6) is 0. The van der Waals surface area contributed by atoms with Crippen molar-refractivity contribution in [1.82, 2.24) is 4.31 Å². The monoisotopic (exact) mass is 332 g/mol. The molecule has 0 heterocycles. The highest BCUT2D eigenvalue weighted by Crippen LogP contribution is 2.31. The highest BCUT2D eigenvalue weighted by molar-refractivity contribution is 7.89. The summed E-state index contributed by atoms with van der Waals surface area (Å²) < 4.78 is 26.3. The average molecular weight is 333 g/mol. The molecule has 2 rings (SSSR count). The summed E-state index contributed by atoms with van der Waals surface area (Å²) in [6.07, 6.45) is 3.14. The van der Waals surface area contributed by atoms with Crippen molar-refractivity contribution in [1.29, 1.82) is 0 Å². The zero-order chi connectivity index (χ0) is 15.7. The van der Waals surface area contributed by atoms with Crippen LogP contribution in [0.5, 0.6) is 0 Å². The normalized spacial score (nSPS) is 18.3. The molecule has 1 aromatic carbocycles. The molecular formula is C14H21ClN2O3S. The summed E-state index contributed by atoms with van der Waals surface area (Å²) in [4.78, 5) is 0.119. The molecule has 21 heavy (non-hydrogen) atoms. The number of hydrogen-bond donors (Lipinski definition) is 2. The van der Waals surface area contributed by atoms with E-state index in [-0.39, 0.29) is 18.0 Å². The summed E-state index contributed by atoms with van der Waals surface area (Å²) in [7, 11) is -2.18. The van der Waals surface area contributed by atoms with Gasteiger partial charge in [-0.1, -0.05) is 30.5 Å². The molecule has 0 aliphatic heterocycles. The Morgan fingerprint density at radius 3 is 2.52 bits per heavy atom. The number of nitrogens with two attached hydrogens (primary N) is 1. The lowest BCUT2D eigenvalue weighted by molar-refractivity contribution is 0.0333. The van der Waals surface area contributed by atoms with Crippen LogP contribution in [0, 0.1) is 0 Å². The number of sulfonamides is 1. The molecule has 3 N–H and O–H groups in total. The van der Waals surface area contributed by atoms with Crippen LogP contribution >= 0.6 is 11.6 Å². The third-order valence-corrected chi connectivity index (χ3v) is 6.16. The summed E-state index contributed by atoms with van der Waals surface area (Å²) >= 11 is 6.03. The highest BCUT2D eigenvalue weighted by Gasteiger charge is 2.35. The van der Waals surface area contributed by atoms with E-state index in [1.165, 1.54) is 23.5 Å². The molecule has 0 atom stereocenters. The van der Waals surface area contributed by atoms with E-state index < -0.39 is 15.6 Å². The number of halogens is 1. The molecule has 7 heteroatoms. The van der Waals surface area contributed by atoms with Crippen LogP contribution in [0.1, 0.15) is 31.2 Å². The Morgan fingerprint density at radius 2 is 2.00 bits per heavy atom. The molecule has 1 fully saturated rings. The minimum Gasteiger partial charge on any atom is -0.389 e. The van der Waals surface area contributed by atoms with Crippen molar-refractivity contribution < 1.29 is 13.5 Å². The Kier molecular flexibility index (Phi) is 4.95. The number of benzene rings is 1. The summed E-state index contributed by atoms with van der Waals surface area (Å²) in [5, 5.41) is 10.7. The molecule has 1 aliphatic rings. The van der Waals surface area contributed by atoms with Crippen LogP contribution in [0.3, 0.4) is 0 Å². The molecule has 0 amide bonds. The smallest absolute Gasteiger partial charge is 0.242 e. The van der Waals surface area contributed by atoms with E-state index >= 15 is 0 Å². The van der Waals surface area contributed by atoms with Gasteiger partial charge in [-0.15, -0.1) is 0 Å². The van der Waals surface area contributed by atoms with Crippen LogP contribution in [0.2, 0.25) is 5.02 Å². The Balaban J connectivity index is 2.22. The van der Waals surface area contributed by atoms with Gasteiger partial charge in [0.15, 0.2) is 0 Å². The molecule has 1 saturated carbocycles. The van der Waals surface area contributed by atoms with Gasteiger partial charge >= 0.3 is 0 Å². The molecular weight excluding hydrogens is 312 g/mol. The molecule has 1 aromatic rings. The minimum absolute atomic E-state index is 0.103. The third-order valence-electron chi connectivity index (χ3n) is 4.00. The number of rotatable bonds is 5. The number of nitrogens with zero attached hydrogens (tertiary/aromatic N) is 1. The van der Waals surface area contributed by atoms with E-state index in [2.05, 4.69) is 0 Å². The molecule has 0 spiro atoms. The van der Waals surface area contributed by atoms with E-state index in [1.807, 2.05) is 0 Å². The maximum absolute atomic E-state index is 12.5. The van der Waals surface area contributed by atoms with E-state index in [0.717, 1.165) is 12.8 Å². The fourth-order valence-electron chi connectivity index (χ4n) is 2.72. The molecule has 0 saturated heterocycles. The van der Waals surface area contributed by atoms with Crippen molar-refractivity contribution in [2.45, 2.75) is 42.7 Å². The van der Waals surface area contributed by atoms with Crippen LogP contribution in [-0.4, -0.2) is 37.0 Å². The van der Waals surface area contributed by atoms with E-state index in [9.17, 15) is 13.5 Å². The Morgan fingerprint density at radius 1 is 1.38 bits per heavy atom. The van der Waals surface area contributed by atoms with Gasteiger partial charge in [-0.05, 0) is 30.5 Å². The fraction of sp³-hybridized carbons (Fsp3) is 0.571. The molecule has 118 valence electrons. The van der Waals surface area contributed by atoms with E-state index in [0.29, 0.717) is 23.4 Å². The second-order valence-electron chi connectivity index (χ2n) is 5.65. The van der Waals surface area contributed by atoms with Gasteiger partial charge in [0.25, 0.3) is 0 Å². The summed E-state index contributed by atoms with van der Waals surface area (Å²) in [6.45, 7) is 0.361. The first-order valence-corrected chi connectivity index (χ1v) is 8.77. The van der Waals surface area contributed by atoms with Gasteiger partial charge in [-0.2, -0.15) is 4.31 Å². The number of hydrogen-bond acceptors (Lipinski definition) is 4. The first-order valence-electron chi connectivity index (χ1n) is 6.96. The maximum atomic E-state index is 12.5. The van der Waals surface area contributed by atoms with Crippen LogP contribution in [0.4, 0.5) is 0 Å². The van der Waals surface area contributed by atoms with Crippen molar-refractivity contribution >= 4 is 21.6 Å². The van der Waals surface area contributed by atoms with Crippen molar-refractivity contribution in [2.24, 2.45) is 5.73 Å². The lowest BCUT2D eigenvalue weighted by Crippen LogP contribution is -2.41. The van der Waals surface area contributed by atoms with Crippen molar-refractivity contribution in [3.05, 3.63) is 28.8 Å². The summed E-state index contributed by atoms with van der Waals surface area (Å²) in [6, 6.07) is 4.53. The molecule has 0 bridgehead atoms. The van der Waals surface area contributed by atoms with Gasteiger partial charge in [0.2, 0.25) is 10.0 Å². The Hall–Kier alpha value is -0.660. The Labute approximate surface area is 130 Å². The summed E-state index contributed by atoms with van der Waals surface area (Å²) in [5.41, 5.74) is 5.31. The third kappa shape index (κ3) is 3.57. The number of aliphatic hydroxyl groups is 1. The quantitative estimate of drug-likeness (QED) is 0.860. The van der Waals surface area contributed by atoms with Crippen LogP contribution < -0.4 is 5.73 Å². The molecule has 5 nitrogen and oxygen atoms in total. The molecule has 1 aliphatic carbocycles. The molecule has 0 radical (unpaired) electrons. The van der Waals surface area contributed by atoms with Crippen molar-refractivity contribution in [3.63, 3.8) is 0 Å². The van der Waals surface area contributed by atoms with Crippen LogP contribution in [0.15, 0.2) is 23.1 Å². The average Bonchev–Trinajstić information content (AvgIpc) is 2.85. The maximum Gasteiger partial charge on any atom is 0.242 e. The minimum atomic E-state index is -3.66. The SMILES string of the molecule is CN(CC1(O)CCCC1)S(=O)(=O)c1ccc(CN)c(Cl)c1. The van der Waals surface area contributed by atoms with Crippen molar-refractivity contribution in [3.8, 4) is 0 Å². The van der Waals surface area contributed by atoms with Crippen molar-refractivity contribution in [2.75, 3.05) is 13.6 Å². The largest absolute Gasteiger partial charge is 0.389 e. The van der Waals surface area contributed by atoms with Gasteiger partial charge in [0.1, 0.15) is 0 Å². The van der Waals surface area contributed by atoms with Gasteiger partial charge in [0, 0.05) is 25.2 Å². The molecule has 0 aromatic heterocycles. The predicted octanol–water partition coefficient (Wildman–Crippen LogP) is 1.72. The zero-order valence-corrected chi connectivity index (χ0v) is 13.6. The topological polar surface area (TPSA) is 83.6 Å². The predicted molar refractivity (Wildman–Crippen MR) is 82.6 cm³/mol. The second-order valence-corrected chi connectivity index (χ2v) is 8.10. The lowest BCUT2D eigenvalue weighted by atomic mass is 10.0. The van der Waals surface area contributed by atoms with Gasteiger partial charge in [-0.3, -0.25) is 0 Å². The zero-order valence-electron chi connectivity index (χ0n) is 12.0. The second kappa shape index (κ2) is 6.22. The van der Waals surface area contributed by atoms with Gasteiger partial charge in [0.05, 0.1) is 10.5 Å². The lowest BCUT2D eigenvalue weighted by Gasteiger charge is -2.28. The first-order chi connectivity index (χ1) is 9.78. The van der Waals surface area contributed by atoms with Gasteiger partial charge in [-0.25, -0.2) is 8.42 Å². The standard InChI is InChI=1S/C14H21ClN2O3S/c1-17(10-14(18)6-2-3-7-14)21(19,20)12-5-4-11(9-16)13(15)8-12/h4-5,8,18H,2-3,6-7,9-10,16H2,1H3. The molecule has 0 unspecified atom stereocenters. The Bertz CT molecular complexity index is 613. The highest BCUT2D eigenvalue weighted by atomic mass is 35.5. The van der Waals surface area contributed by atoms with Gasteiger partial charge < -0.3 is 10.8 Å². The fourth-order valence-corrected chi connectivity index (χ4v) is 4.32. The van der Waals surface area contributed by atoms with E-state index in [1.54, 1.807) is 6.07 Å². The first kappa shape index (κ1) is 16.7. The van der Waals surface area contributed by atoms with Crippen LogP contribution in [0.25, 0.3) is 0 Å². The number of likely N-dealkylation sites (N-methyl/N-ethyl adjacent to an activating group) is 1. The van der Waals surface area contributed by atoms with Crippen LogP contribution in [-0.2, 0) is 16.6 Å². The van der Waals surface area contributed by atoms with E-state index in [4.69, 9.17) is 17.3 Å².